The maximum Gasteiger partial charge on any atom is 0.130 e. The van der Waals surface area contributed by atoms with Gasteiger partial charge < -0.3 is 4.74 Å². The molecule has 0 aliphatic carbocycles. The van der Waals surface area contributed by atoms with Gasteiger partial charge in [0.15, 0.2) is 0 Å². The molecule has 0 radical (unpaired) electrons. The highest BCUT2D eigenvalue weighted by atomic mass is 19.1. The average Bonchev–Trinajstić information content (AvgIpc) is 2.46. The van der Waals surface area contributed by atoms with Gasteiger partial charge in [0.2, 0.25) is 0 Å². The summed E-state index contributed by atoms with van der Waals surface area (Å²) in [6, 6.07) is 10.4. The monoisotopic (exact) mass is 278 g/mol. The average molecular weight is 278 g/mol. The molecular weight excluding hydrogens is 262 g/mol. The molecule has 0 amide bonds. The van der Waals surface area contributed by atoms with E-state index in [2.05, 4.69) is 5.43 Å². The van der Waals surface area contributed by atoms with Crippen molar-refractivity contribution in [1.82, 2.24) is 5.43 Å². The molecule has 2 aromatic rings. The largest absolute Gasteiger partial charge is 0.497 e. The summed E-state index contributed by atoms with van der Waals surface area (Å²) >= 11 is 0. The normalized spacial score (nSPS) is 12.2. The molecular formula is C15H16F2N2O. The molecule has 1 unspecified atom stereocenters. The topological polar surface area (TPSA) is 47.3 Å². The first-order chi connectivity index (χ1) is 9.65. The Morgan fingerprint density at radius 1 is 1.15 bits per heavy atom. The number of hydrogen-bond donors (Lipinski definition) is 2. The van der Waals surface area contributed by atoms with E-state index in [4.69, 9.17) is 10.6 Å². The van der Waals surface area contributed by atoms with Gasteiger partial charge >= 0.3 is 0 Å². The smallest absolute Gasteiger partial charge is 0.130 e. The summed E-state index contributed by atoms with van der Waals surface area (Å²) in [5, 5.41) is 0. The lowest BCUT2D eigenvalue weighted by atomic mass is 9.98. The van der Waals surface area contributed by atoms with Gasteiger partial charge in [0.05, 0.1) is 13.2 Å². The first kappa shape index (κ1) is 14.4. The molecule has 0 bridgehead atoms. The summed E-state index contributed by atoms with van der Waals surface area (Å²) in [6.45, 7) is 0. The molecule has 0 aliphatic rings. The fourth-order valence-electron chi connectivity index (χ4n) is 2.12. The van der Waals surface area contributed by atoms with Crippen LogP contribution in [-0.4, -0.2) is 7.11 Å². The first-order valence-corrected chi connectivity index (χ1v) is 6.18. The number of benzene rings is 2. The van der Waals surface area contributed by atoms with Crippen molar-refractivity contribution in [3.05, 3.63) is 65.2 Å². The fraction of sp³-hybridized carbons (Fsp3) is 0.200. The first-order valence-electron chi connectivity index (χ1n) is 6.18. The van der Waals surface area contributed by atoms with Crippen LogP contribution in [0.15, 0.2) is 42.5 Å². The summed E-state index contributed by atoms with van der Waals surface area (Å²) in [7, 11) is 1.56. The van der Waals surface area contributed by atoms with E-state index in [-0.39, 0.29) is 5.56 Å². The number of hydrogen-bond acceptors (Lipinski definition) is 3. The maximum absolute atomic E-state index is 13.8. The molecule has 5 heteroatoms. The van der Waals surface area contributed by atoms with Crippen LogP contribution in [0.1, 0.15) is 17.2 Å². The molecule has 2 rings (SSSR count). The van der Waals surface area contributed by atoms with Crippen LogP contribution in [0, 0.1) is 11.6 Å². The van der Waals surface area contributed by atoms with Gasteiger partial charge in [-0.3, -0.25) is 11.3 Å². The number of hydrazine groups is 1. The molecule has 2 aromatic carbocycles. The molecule has 20 heavy (non-hydrogen) atoms. The van der Waals surface area contributed by atoms with Gasteiger partial charge in [0.25, 0.3) is 0 Å². The third-order valence-electron chi connectivity index (χ3n) is 3.12. The number of ether oxygens (including phenoxy) is 1. The lowest BCUT2D eigenvalue weighted by molar-refractivity contribution is 0.413. The van der Waals surface area contributed by atoms with E-state index in [0.717, 1.165) is 5.56 Å². The third-order valence-corrected chi connectivity index (χ3v) is 3.12. The molecule has 0 saturated heterocycles. The summed E-state index contributed by atoms with van der Waals surface area (Å²) in [5.74, 6) is 4.90. The number of methoxy groups -OCH3 is 1. The molecule has 0 saturated carbocycles. The van der Waals surface area contributed by atoms with Gasteiger partial charge in [-0.25, -0.2) is 8.78 Å². The van der Waals surface area contributed by atoms with Gasteiger partial charge in [0.1, 0.15) is 17.4 Å². The number of halogens is 2. The molecule has 0 heterocycles. The number of nitrogens with two attached hydrogens (primary N) is 1. The van der Waals surface area contributed by atoms with Crippen molar-refractivity contribution in [3.63, 3.8) is 0 Å². The minimum atomic E-state index is -0.650. The van der Waals surface area contributed by atoms with Crippen LogP contribution in [0.25, 0.3) is 0 Å². The SMILES string of the molecule is COc1cccc(CC(NN)c2c(F)cccc2F)c1. The van der Waals surface area contributed by atoms with Crippen LogP contribution in [0.3, 0.4) is 0 Å². The zero-order valence-electron chi connectivity index (χ0n) is 11.1. The van der Waals surface area contributed by atoms with Crippen LogP contribution in [0.2, 0.25) is 0 Å². The van der Waals surface area contributed by atoms with Crippen LogP contribution in [-0.2, 0) is 6.42 Å². The molecule has 3 nitrogen and oxygen atoms in total. The lowest BCUT2D eigenvalue weighted by Crippen LogP contribution is -2.31. The quantitative estimate of drug-likeness (QED) is 0.653. The minimum Gasteiger partial charge on any atom is -0.497 e. The van der Waals surface area contributed by atoms with Crippen LogP contribution >= 0.6 is 0 Å². The maximum atomic E-state index is 13.8. The van der Waals surface area contributed by atoms with Gasteiger partial charge in [-0.15, -0.1) is 0 Å². The van der Waals surface area contributed by atoms with Crippen molar-refractivity contribution >= 4 is 0 Å². The Morgan fingerprint density at radius 3 is 2.40 bits per heavy atom. The highest BCUT2D eigenvalue weighted by Crippen LogP contribution is 2.24. The van der Waals surface area contributed by atoms with Crippen LogP contribution in [0.4, 0.5) is 8.78 Å². The van der Waals surface area contributed by atoms with Crippen LogP contribution < -0.4 is 16.0 Å². The summed E-state index contributed by atoms with van der Waals surface area (Å²) < 4.78 is 32.7. The van der Waals surface area contributed by atoms with Crippen molar-refractivity contribution in [1.29, 1.82) is 0 Å². The van der Waals surface area contributed by atoms with Gasteiger partial charge in [-0.2, -0.15) is 0 Å². The molecule has 0 aromatic heterocycles. The Kier molecular flexibility index (Phi) is 4.65. The predicted octanol–water partition coefficient (Wildman–Crippen LogP) is 2.72. The second-order valence-corrected chi connectivity index (χ2v) is 4.41. The van der Waals surface area contributed by atoms with Crippen molar-refractivity contribution in [2.75, 3.05) is 7.11 Å². The Balaban J connectivity index is 2.29. The Morgan fingerprint density at radius 2 is 1.80 bits per heavy atom. The minimum absolute atomic E-state index is 0.0576. The highest BCUT2D eigenvalue weighted by molar-refractivity contribution is 5.31. The number of nitrogens with one attached hydrogen (secondary N) is 1. The third kappa shape index (κ3) is 3.12. The second-order valence-electron chi connectivity index (χ2n) is 4.41. The van der Waals surface area contributed by atoms with E-state index < -0.39 is 17.7 Å². The lowest BCUT2D eigenvalue weighted by Gasteiger charge is -2.18. The van der Waals surface area contributed by atoms with Gasteiger partial charge in [-0.1, -0.05) is 18.2 Å². The van der Waals surface area contributed by atoms with Crippen molar-refractivity contribution in [2.45, 2.75) is 12.5 Å². The van der Waals surface area contributed by atoms with E-state index in [1.165, 1.54) is 18.2 Å². The molecule has 0 aliphatic heterocycles. The summed E-state index contributed by atoms with van der Waals surface area (Å²) in [5.41, 5.74) is 3.28. The van der Waals surface area contributed by atoms with E-state index >= 15 is 0 Å². The molecule has 3 N–H and O–H groups in total. The standard InChI is InChI=1S/C15H16F2N2O/c1-20-11-5-2-4-10(8-11)9-14(19-18)15-12(16)6-3-7-13(15)17/h2-8,14,19H,9,18H2,1H3. The summed E-state index contributed by atoms with van der Waals surface area (Å²) in [6.07, 6.45) is 0.353. The second kappa shape index (κ2) is 6.45. The summed E-state index contributed by atoms with van der Waals surface area (Å²) in [4.78, 5) is 0. The fourth-order valence-corrected chi connectivity index (χ4v) is 2.12. The highest BCUT2D eigenvalue weighted by Gasteiger charge is 2.19. The van der Waals surface area contributed by atoms with Crippen LogP contribution in [0.5, 0.6) is 5.75 Å². The van der Waals surface area contributed by atoms with Crippen molar-refractivity contribution < 1.29 is 13.5 Å². The van der Waals surface area contributed by atoms with E-state index in [1.807, 2.05) is 18.2 Å². The molecule has 0 fully saturated rings. The van der Waals surface area contributed by atoms with Gasteiger partial charge in [-0.05, 0) is 36.2 Å². The van der Waals surface area contributed by atoms with Crippen molar-refractivity contribution in [3.8, 4) is 5.75 Å². The molecule has 0 spiro atoms. The van der Waals surface area contributed by atoms with E-state index in [9.17, 15) is 8.78 Å². The van der Waals surface area contributed by atoms with E-state index in [0.29, 0.717) is 12.2 Å². The van der Waals surface area contributed by atoms with Gasteiger partial charge in [0, 0.05) is 5.56 Å². The zero-order valence-corrected chi connectivity index (χ0v) is 11.1. The Labute approximate surface area is 116 Å². The molecule has 1 atom stereocenters. The zero-order chi connectivity index (χ0) is 14.5. The Hall–Kier alpha value is -1.98. The molecule has 106 valence electrons. The van der Waals surface area contributed by atoms with Crippen molar-refractivity contribution in [2.24, 2.45) is 5.84 Å². The van der Waals surface area contributed by atoms with E-state index in [1.54, 1.807) is 13.2 Å². The Bertz CT molecular complexity index is 570. The number of rotatable bonds is 5. The predicted molar refractivity (Wildman–Crippen MR) is 73.1 cm³/mol.